The van der Waals surface area contributed by atoms with E-state index in [2.05, 4.69) is 4.98 Å². The zero-order valence-electron chi connectivity index (χ0n) is 9.60. The number of rotatable bonds is 3. The number of benzene rings is 1. The molecule has 88 valence electrons. The van der Waals surface area contributed by atoms with Crippen molar-refractivity contribution in [3.8, 4) is 0 Å². The number of halogens is 1. The lowest BCUT2D eigenvalue weighted by atomic mass is 10.2. The fourth-order valence-electron chi connectivity index (χ4n) is 1.70. The predicted molar refractivity (Wildman–Crippen MR) is 66.6 cm³/mol. The van der Waals surface area contributed by atoms with E-state index in [1.54, 1.807) is 12.3 Å². The summed E-state index contributed by atoms with van der Waals surface area (Å²) in [6.45, 7) is 0.406. The first-order chi connectivity index (χ1) is 8.22. The van der Waals surface area contributed by atoms with Gasteiger partial charge >= 0.3 is 0 Å². The second-order valence-electron chi connectivity index (χ2n) is 3.73. The van der Waals surface area contributed by atoms with E-state index in [-0.39, 0.29) is 5.82 Å². The van der Waals surface area contributed by atoms with Crippen molar-refractivity contribution in [2.24, 2.45) is 5.73 Å². The van der Waals surface area contributed by atoms with Crippen molar-refractivity contribution in [1.82, 2.24) is 4.98 Å². The topological polar surface area (TPSA) is 42.2 Å². The Morgan fingerprint density at radius 2 is 2.12 bits per heavy atom. The maximum absolute atomic E-state index is 13.2. The quantitative estimate of drug-likeness (QED) is 0.882. The molecule has 0 bridgehead atoms. The van der Waals surface area contributed by atoms with Gasteiger partial charge in [-0.2, -0.15) is 0 Å². The summed E-state index contributed by atoms with van der Waals surface area (Å²) >= 11 is 0. The van der Waals surface area contributed by atoms with E-state index in [1.165, 1.54) is 12.1 Å². The van der Waals surface area contributed by atoms with E-state index in [0.29, 0.717) is 6.54 Å². The molecule has 1 aromatic carbocycles. The Hall–Kier alpha value is -1.94. The molecule has 0 fully saturated rings. The van der Waals surface area contributed by atoms with Gasteiger partial charge in [-0.25, -0.2) is 9.37 Å². The summed E-state index contributed by atoms with van der Waals surface area (Å²) < 4.78 is 13.2. The van der Waals surface area contributed by atoms with Gasteiger partial charge < -0.3 is 10.6 Å². The molecule has 0 aliphatic rings. The largest absolute Gasteiger partial charge is 0.329 e. The number of anilines is 2. The van der Waals surface area contributed by atoms with Crippen LogP contribution in [-0.4, -0.2) is 12.0 Å². The van der Waals surface area contributed by atoms with Gasteiger partial charge in [0.25, 0.3) is 0 Å². The van der Waals surface area contributed by atoms with Crippen LogP contribution in [0.3, 0.4) is 0 Å². The van der Waals surface area contributed by atoms with Crippen LogP contribution in [0.25, 0.3) is 0 Å². The molecule has 4 heteroatoms. The molecule has 0 radical (unpaired) electrons. The molecule has 0 aliphatic heterocycles. The van der Waals surface area contributed by atoms with Gasteiger partial charge in [0.15, 0.2) is 0 Å². The van der Waals surface area contributed by atoms with Gasteiger partial charge in [0.1, 0.15) is 11.6 Å². The molecule has 2 rings (SSSR count). The number of nitrogens with two attached hydrogens (primary N) is 1. The molecule has 0 amide bonds. The molecule has 2 aromatic rings. The highest BCUT2D eigenvalue weighted by molar-refractivity contribution is 5.61. The third kappa shape index (κ3) is 2.42. The minimum Gasteiger partial charge on any atom is -0.329 e. The average Bonchev–Trinajstić information content (AvgIpc) is 2.38. The van der Waals surface area contributed by atoms with Crippen molar-refractivity contribution >= 4 is 11.5 Å². The first-order valence-corrected chi connectivity index (χ1v) is 5.35. The molecule has 0 aliphatic carbocycles. The lowest BCUT2D eigenvalue weighted by Gasteiger charge is -2.20. The maximum Gasteiger partial charge on any atom is 0.137 e. The van der Waals surface area contributed by atoms with Crippen LogP contribution in [0.4, 0.5) is 15.9 Å². The molecule has 3 nitrogen and oxygen atoms in total. The molecule has 1 heterocycles. The Morgan fingerprint density at radius 3 is 2.82 bits per heavy atom. The maximum atomic E-state index is 13.2. The minimum atomic E-state index is -0.264. The molecule has 17 heavy (non-hydrogen) atoms. The summed E-state index contributed by atoms with van der Waals surface area (Å²) in [6.07, 6.45) is 1.70. The first-order valence-electron chi connectivity index (χ1n) is 5.35. The molecule has 0 saturated carbocycles. The summed E-state index contributed by atoms with van der Waals surface area (Å²) in [5.41, 5.74) is 7.33. The molecule has 1 aromatic heterocycles. The standard InChI is InChI=1S/C13H14FN3/c1-17(12-6-2-5-11(14)8-12)13-10(9-15)4-3-7-16-13/h2-8H,9,15H2,1H3. The van der Waals surface area contributed by atoms with Crippen molar-refractivity contribution in [2.75, 3.05) is 11.9 Å². The lowest BCUT2D eigenvalue weighted by molar-refractivity contribution is 0.628. The number of aromatic nitrogens is 1. The highest BCUT2D eigenvalue weighted by atomic mass is 19.1. The zero-order valence-corrected chi connectivity index (χ0v) is 9.60. The Morgan fingerprint density at radius 1 is 1.29 bits per heavy atom. The van der Waals surface area contributed by atoms with Crippen LogP contribution in [0, 0.1) is 5.82 Å². The second-order valence-corrected chi connectivity index (χ2v) is 3.73. The van der Waals surface area contributed by atoms with Crippen molar-refractivity contribution in [2.45, 2.75) is 6.54 Å². The van der Waals surface area contributed by atoms with E-state index in [4.69, 9.17) is 5.73 Å². The fourth-order valence-corrected chi connectivity index (χ4v) is 1.70. The molecule has 2 N–H and O–H groups in total. The van der Waals surface area contributed by atoms with Gasteiger partial charge in [-0.3, -0.25) is 0 Å². The Bertz CT molecular complexity index is 514. The van der Waals surface area contributed by atoms with Crippen LogP contribution in [-0.2, 0) is 6.54 Å². The van der Waals surface area contributed by atoms with Gasteiger partial charge in [-0.1, -0.05) is 12.1 Å². The van der Waals surface area contributed by atoms with Crippen LogP contribution < -0.4 is 10.6 Å². The van der Waals surface area contributed by atoms with Gasteiger partial charge in [-0.05, 0) is 24.3 Å². The number of hydrogen-bond acceptors (Lipinski definition) is 3. The van der Waals surface area contributed by atoms with Crippen LogP contribution in [0.1, 0.15) is 5.56 Å². The number of pyridine rings is 1. The third-order valence-corrected chi connectivity index (χ3v) is 2.60. The fraction of sp³-hybridized carbons (Fsp3) is 0.154. The molecule has 0 spiro atoms. The SMILES string of the molecule is CN(c1cccc(F)c1)c1ncccc1CN. The normalized spacial score (nSPS) is 10.3. The number of hydrogen-bond donors (Lipinski definition) is 1. The van der Waals surface area contributed by atoms with Gasteiger partial charge in [-0.15, -0.1) is 0 Å². The molecular formula is C13H14FN3. The van der Waals surface area contributed by atoms with Gasteiger partial charge in [0.05, 0.1) is 0 Å². The zero-order chi connectivity index (χ0) is 12.3. The van der Waals surface area contributed by atoms with Crippen LogP contribution in [0.2, 0.25) is 0 Å². The highest BCUT2D eigenvalue weighted by Gasteiger charge is 2.09. The second kappa shape index (κ2) is 4.93. The first kappa shape index (κ1) is 11.5. The molecule has 0 atom stereocenters. The van der Waals surface area contributed by atoms with Crippen molar-refractivity contribution in [1.29, 1.82) is 0 Å². The van der Waals surface area contributed by atoms with Gasteiger partial charge in [0, 0.05) is 31.0 Å². The summed E-state index contributed by atoms with van der Waals surface area (Å²) in [6, 6.07) is 10.1. The number of nitrogens with zero attached hydrogens (tertiary/aromatic N) is 2. The minimum absolute atomic E-state index is 0.264. The summed E-state index contributed by atoms with van der Waals surface area (Å²) in [5.74, 6) is 0.486. The third-order valence-electron chi connectivity index (χ3n) is 2.60. The Labute approximate surface area is 99.7 Å². The Kier molecular flexibility index (Phi) is 3.35. The van der Waals surface area contributed by atoms with E-state index in [9.17, 15) is 4.39 Å². The van der Waals surface area contributed by atoms with Gasteiger partial charge in [0.2, 0.25) is 0 Å². The van der Waals surface area contributed by atoms with E-state index in [1.807, 2.05) is 30.1 Å². The Balaban J connectivity index is 2.40. The summed E-state index contributed by atoms with van der Waals surface area (Å²) in [7, 11) is 1.84. The summed E-state index contributed by atoms with van der Waals surface area (Å²) in [5, 5.41) is 0. The summed E-state index contributed by atoms with van der Waals surface area (Å²) in [4.78, 5) is 6.10. The smallest absolute Gasteiger partial charge is 0.137 e. The highest BCUT2D eigenvalue weighted by Crippen LogP contribution is 2.24. The lowest BCUT2D eigenvalue weighted by Crippen LogP contribution is -2.15. The molecular weight excluding hydrogens is 217 g/mol. The molecule has 0 saturated heterocycles. The van der Waals surface area contributed by atoms with E-state index >= 15 is 0 Å². The van der Waals surface area contributed by atoms with Crippen LogP contribution in [0.15, 0.2) is 42.6 Å². The average molecular weight is 231 g/mol. The van der Waals surface area contributed by atoms with Crippen LogP contribution >= 0.6 is 0 Å². The van der Waals surface area contributed by atoms with Crippen molar-refractivity contribution in [3.63, 3.8) is 0 Å². The molecule has 0 unspecified atom stereocenters. The van der Waals surface area contributed by atoms with Crippen LogP contribution in [0.5, 0.6) is 0 Å². The van der Waals surface area contributed by atoms with Crippen molar-refractivity contribution in [3.05, 3.63) is 54.0 Å². The van der Waals surface area contributed by atoms with E-state index < -0.39 is 0 Å². The predicted octanol–water partition coefficient (Wildman–Crippen LogP) is 2.45. The van der Waals surface area contributed by atoms with Crippen molar-refractivity contribution < 1.29 is 4.39 Å². The monoisotopic (exact) mass is 231 g/mol. The van der Waals surface area contributed by atoms with E-state index in [0.717, 1.165) is 17.1 Å².